The Labute approximate surface area is 113 Å². The van der Waals surface area contributed by atoms with E-state index in [9.17, 15) is 4.79 Å². The van der Waals surface area contributed by atoms with Crippen molar-refractivity contribution in [2.24, 2.45) is 0 Å². The van der Waals surface area contributed by atoms with E-state index in [0.717, 1.165) is 17.7 Å². The first-order valence-electron chi connectivity index (χ1n) is 5.85. The molecule has 1 aliphatic rings. The number of carbonyl (C=O) groups excluding carboxylic acids is 1. The average molecular weight is 272 g/mol. The second kappa shape index (κ2) is 6.50. The van der Waals surface area contributed by atoms with Gasteiger partial charge in [-0.2, -0.15) is 0 Å². The lowest BCUT2D eigenvalue weighted by Gasteiger charge is -2.26. The topological polar surface area (TPSA) is 47.6 Å². The Balaban J connectivity index is 0.00000162. The fraction of sp³-hybridized carbons (Fsp3) is 0.462. The Morgan fingerprint density at radius 1 is 1.39 bits per heavy atom. The predicted octanol–water partition coefficient (Wildman–Crippen LogP) is 3.07. The largest absolute Gasteiger partial charge is 0.491 e. The van der Waals surface area contributed by atoms with E-state index in [-0.39, 0.29) is 30.6 Å². The maximum absolute atomic E-state index is 11.2. The van der Waals surface area contributed by atoms with Gasteiger partial charge in [0.05, 0.1) is 18.8 Å². The van der Waals surface area contributed by atoms with Gasteiger partial charge in [-0.15, -0.1) is 12.4 Å². The zero-order valence-corrected chi connectivity index (χ0v) is 11.3. The van der Waals surface area contributed by atoms with Gasteiger partial charge in [0.2, 0.25) is 0 Å². The molecule has 1 saturated heterocycles. The summed E-state index contributed by atoms with van der Waals surface area (Å²) in [6.07, 6.45) is 0.525. The number of alkyl carbamates (subject to hydrolysis) is 1. The van der Waals surface area contributed by atoms with Crippen LogP contribution in [0.25, 0.3) is 0 Å². The van der Waals surface area contributed by atoms with Gasteiger partial charge in [0, 0.05) is 12.0 Å². The fourth-order valence-electron chi connectivity index (χ4n) is 1.89. The van der Waals surface area contributed by atoms with Crippen molar-refractivity contribution in [3.63, 3.8) is 0 Å². The molecule has 0 spiro atoms. The van der Waals surface area contributed by atoms with Crippen molar-refractivity contribution in [1.29, 1.82) is 0 Å². The van der Waals surface area contributed by atoms with E-state index in [0.29, 0.717) is 6.61 Å². The Morgan fingerprint density at radius 3 is 2.78 bits per heavy atom. The van der Waals surface area contributed by atoms with Crippen molar-refractivity contribution in [1.82, 2.24) is 5.32 Å². The molecule has 5 heteroatoms. The summed E-state index contributed by atoms with van der Waals surface area (Å²) in [6.45, 7) is 4.42. The maximum atomic E-state index is 11.2. The average Bonchev–Trinajstić information content (AvgIpc) is 2.29. The second-order valence-corrected chi connectivity index (χ2v) is 4.33. The fourth-order valence-corrected chi connectivity index (χ4v) is 1.89. The van der Waals surface area contributed by atoms with E-state index < -0.39 is 0 Å². The summed E-state index contributed by atoms with van der Waals surface area (Å²) in [5.41, 5.74) is 1.01. The van der Waals surface area contributed by atoms with Crippen molar-refractivity contribution in [2.45, 2.75) is 32.4 Å². The molecule has 0 aliphatic carbocycles. The molecular formula is C13H18ClNO3. The summed E-state index contributed by atoms with van der Waals surface area (Å²) in [5, 5.41) is 2.81. The zero-order valence-electron chi connectivity index (χ0n) is 10.5. The monoisotopic (exact) mass is 271 g/mol. The molecule has 0 unspecified atom stereocenters. The lowest BCUT2D eigenvalue weighted by molar-refractivity contribution is 0.114. The third kappa shape index (κ3) is 3.53. The third-order valence-electron chi connectivity index (χ3n) is 2.59. The summed E-state index contributed by atoms with van der Waals surface area (Å²) < 4.78 is 10.6. The maximum Gasteiger partial charge on any atom is 0.407 e. The molecule has 0 radical (unpaired) electrons. The van der Waals surface area contributed by atoms with Gasteiger partial charge in [0.1, 0.15) is 5.75 Å². The number of nitrogens with one attached hydrogen (secondary N) is 1. The zero-order chi connectivity index (χ0) is 12.3. The summed E-state index contributed by atoms with van der Waals surface area (Å²) >= 11 is 0. The molecule has 1 atom stereocenters. The predicted molar refractivity (Wildman–Crippen MR) is 71.3 cm³/mol. The molecule has 1 heterocycles. The summed E-state index contributed by atoms with van der Waals surface area (Å²) in [4.78, 5) is 11.2. The molecule has 18 heavy (non-hydrogen) atoms. The van der Waals surface area contributed by atoms with Gasteiger partial charge in [-0.3, -0.25) is 0 Å². The molecule has 1 aromatic carbocycles. The summed E-state index contributed by atoms with van der Waals surface area (Å²) in [6, 6.07) is 7.77. The minimum absolute atomic E-state index is 0. The highest BCUT2D eigenvalue weighted by atomic mass is 35.5. The number of halogens is 1. The van der Waals surface area contributed by atoms with Crippen LogP contribution in [-0.4, -0.2) is 18.8 Å². The van der Waals surface area contributed by atoms with E-state index in [1.165, 1.54) is 0 Å². The molecule has 1 fully saturated rings. The molecule has 100 valence electrons. The van der Waals surface area contributed by atoms with Crippen LogP contribution < -0.4 is 10.1 Å². The molecule has 0 saturated carbocycles. The van der Waals surface area contributed by atoms with Crippen LogP contribution >= 0.6 is 12.4 Å². The molecule has 1 aliphatic heterocycles. The quantitative estimate of drug-likeness (QED) is 0.919. The number of cyclic esters (lactones) is 1. The van der Waals surface area contributed by atoms with Crippen molar-refractivity contribution in [2.75, 3.05) is 6.61 Å². The Morgan fingerprint density at radius 2 is 2.11 bits per heavy atom. The van der Waals surface area contributed by atoms with Crippen LogP contribution in [0.15, 0.2) is 24.3 Å². The van der Waals surface area contributed by atoms with Crippen molar-refractivity contribution < 1.29 is 14.3 Å². The summed E-state index contributed by atoms with van der Waals surface area (Å²) in [7, 11) is 0. The van der Waals surface area contributed by atoms with E-state index in [1.54, 1.807) is 0 Å². The molecule has 0 bridgehead atoms. The number of hydrogen-bond acceptors (Lipinski definition) is 3. The smallest absolute Gasteiger partial charge is 0.407 e. The van der Waals surface area contributed by atoms with Gasteiger partial charge in [-0.05, 0) is 19.9 Å². The van der Waals surface area contributed by atoms with Crippen LogP contribution in [0.5, 0.6) is 5.75 Å². The molecule has 1 amide bonds. The van der Waals surface area contributed by atoms with Crippen LogP contribution in [0.3, 0.4) is 0 Å². The van der Waals surface area contributed by atoms with Gasteiger partial charge in [-0.1, -0.05) is 18.2 Å². The molecule has 1 aromatic rings. The van der Waals surface area contributed by atoms with Gasteiger partial charge < -0.3 is 14.8 Å². The standard InChI is InChI=1S/C13H17NO3.ClH/c1-9(2)17-12-6-4-3-5-10(12)11-7-8-16-13(15)14-11;/h3-6,9,11H,7-8H2,1-2H3,(H,14,15);1H/t11-;/m1./s1. The lowest BCUT2D eigenvalue weighted by Crippen LogP contribution is -2.35. The van der Waals surface area contributed by atoms with E-state index in [4.69, 9.17) is 9.47 Å². The van der Waals surface area contributed by atoms with E-state index in [2.05, 4.69) is 5.32 Å². The lowest BCUT2D eigenvalue weighted by atomic mass is 10.0. The van der Waals surface area contributed by atoms with Crippen LogP contribution in [0, 0.1) is 0 Å². The molecule has 0 aromatic heterocycles. The third-order valence-corrected chi connectivity index (χ3v) is 2.59. The van der Waals surface area contributed by atoms with Crippen LogP contribution in [0.1, 0.15) is 31.9 Å². The minimum atomic E-state index is -0.361. The minimum Gasteiger partial charge on any atom is -0.491 e. The number of ether oxygens (including phenoxy) is 2. The van der Waals surface area contributed by atoms with Gasteiger partial charge in [0.25, 0.3) is 0 Å². The highest BCUT2D eigenvalue weighted by Gasteiger charge is 2.23. The molecular weight excluding hydrogens is 254 g/mol. The highest BCUT2D eigenvalue weighted by Crippen LogP contribution is 2.29. The van der Waals surface area contributed by atoms with Crippen LogP contribution in [0.2, 0.25) is 0 Å². The van der Waals surface area contributed by atoms with Crippen LogP contribution in [0.4, 0.5) is 4.79 Å². The van der Waals surface area contributed by atoms with Crippen molar-refractivity contribution in [3.05, 3.63) is 29.8 Å². The van der Waals surface area contributed by atoms with Gasteiger partial charge in [0.15, 0.2) is 0 Å². The number of benzene rings is 1. The number of para-hydroxylation sites is 1. The Bertz CT molecular complexity index is 409. The Hall–Kier alpha value is -1.42. The number of hydrogen-bond donors (Lipinski definition) is 1. The SMILES string of the molecule is CC(C)Oc1ccccc1[C@H]1CCOC(=O)N1.Cl. The molecule has 1 N–H and O–H groups in total. The van der Waals surface area contributed by atoms with E-state index >= 15 is 0 Å². The van der Waals surface area contributed by atoms with Gasteiger partial charge in [-0.25, -0.2) is 4.79 Å². The molecule has 4 nitrogen and oxygen atoms in total. The van der Waals surface area contributed by atoms with Crippen molar-refractivity contribution >= 4 is 18.5 Å². The second-order valence-electron chi connectivity index (χ2n) is 4.33. The molecule has 2 rings (SSSR count). The number of amides is 1. The first-order valence-corrected chi connectivity index (χ1v) is 5.85. The Kier molecular flexibility index (Phi) is 5.28. The number of carbonyl (C=O) groups is 1. The van der Waals surface area contributed by atoms with Crippen molar-refractivity contribution in [3.8, 4) is 5.75 Å². The van der Waals surface area contributed by atoms with Gasteiger partial charge >= 0.3 is 6.09 Å². The first-order chi connectivity index (χ1) is 8.16. The first kappa shape index (κ1) is 14.6. The number of rotatable bonds is 3. The van der Waals surface area contributed by atoms with Crippen LogP contribution in [-0.2, 0) is 4.74 Å². The highest BCUT2D eigenvalue weighted by molar-refractivity contribution is 5.85. The summed E-state index contributed by atoms with van der Waals surface area (Å²) in [5.74, 6) is 0.828. The normalized spacial score (nSPS) is 18.6. The van der Waals surface area contributed by atoms with E-state index in [1.807, 2.05) is 38.1 Å².